The lowest BCUT2D eigenvalue weighted by atomic mass is 9.67. The lowest BCUT2D eigenvalue weighted by Gasteiger charge is -2.40. The summed E-state index contributed by atoms with van der Waals surface area (Å²) in [6.07, 6.45) is 8.17. The second-order valence-electron chi connectivity index (χ2n) is 5.58. The molecule has 4 aliphatic rings. The molecule has 0 amide bonds. The summed E-state index contributed by atoms with van der Waals surface area (Å²) in [5.41, 5.74) is 0. The molecule has 0 spiro atoms. The summed E-state index contributed by atoms with van der Waals surface area (Å²) < 4.78 is 0. The van der Waals surface area contributed by atoms with Crippen molar-refractivity contribution in [1.29, 1.82) is 0 Å². The molecule has 0 radical (unpaired) electrons. The Labute approximate surface area is 68.4 Å². The highest BCUT2D eigenvalue weighted by molar-refractivity contribution is 5.11. The fourth-order valence-electron chi connectivity index (χ4n) is 4.92. The Morgan fingerprint density at radius 2 is 1.27 bits per heavy atom. The van der Waals surface area contributed by atoms with E-state index in [1.165, 1.54) is 35.5 Å². The average Bonchev–Trinajstić information content (AvgIpc) is 2.63. The first kappa shape index (κ1) is 5.61. The van der Waals surface area contributed by atoms with Gasteiger partial charge in [0.2, 0.25) is 0 Å². The Hall–Kier alpha value is 0. The fourth-order valence-corrected chi connectivity index (χ4v) is 4.92. The van der Waals surface area contributed by atoms with E-state index >= 15 is 0 Å². The number of hydrogen-bond donors (Lipinski definition) is 0. The molecule has 0 aromatic heterocycles. The van der Waals surface area contributed by atoms with E-state index in [-0.39, 0.29) is 0 Å². The van der Waals surface area contributed by atoms with E-state index in [4.69, 9.17) is 0 Å². The third-order valence-electron chi connectivity index (χ3n) is 5.09. The van der Waals surface area contributed by atoms with Crippen molar-refractivity contribution in [2.75, 3.05) is 0 Å². The third kappa shape index (κ3) is 0.554. The van der Waals surface area contributed by atoms with Crippen molar-refractivity contribution in [2.24, 2.45) is 35.5 Å². The smallest absolute Gasteiger partial charge is 0.0323 e. The zero-order chi connectivity index (χ0) is 7.00. The molecule has 4 saturated carbocycles. The van der Waals surface area contributed by atoms with Gasteiger partial charge in [0.1, 0.15) is 0 Å². The van der Waals surface area contributed by atoms with Gasteiger partial charge in [-0.15, -0.1) is 0 Å². The van der Waals surface area contributed by atoms with Crippen LogP contribution in [0.1, 0.15) is 32.1 Å². The van der Waals surface area contributed by atoms with E-state index in [2.05, 4.69) is 0 Å². The third-order valence-corrected chi connectivity index (χ3v) is 5.09. The largest absolute Gasteiger partial charge is 0.0475 e. The van der Waals surface area contributed by atoms with Crippen molar-refractivity contribution in [2.45, 2.75) is 32.1 Å². The maximum Gasteiger partial charge on any atom is -0.0323 e. The molecule has 0 aromatic rings. The van der Waals surface area contributed by atoms with Crippen molar-refractivity contribution >= 4 is 0 Å². The van der Waals surface area contributed by atoms with E-state index in [1.54, 1.807) is 32.1 Å². The highest BCUT2D eigenvalue weighted by atomic mass is 14.9. The molecule has 0 nitrogen and oxygen atoms in total. The summed E-state index contributed by atoms with van der Waals surface area (Å²) in [4.78, 5) is 0. The molecule has 0 aliphatic heterocycles. The van der Waals surface area contributed by atoms with Crippen LogP contribution >= 0.6 is 0 Å². The average molecular weight is 149 g/mol. The molecule has 0 saturated heterocycles. The molecule has 3 bridgehead atoms. The first-order chi connectivity index (χ1) is 5.42. The molecule has 4 fully saturated rings. The number of fused-ring (bicyclic) bond motifs is 3. The maximum atomic E-state index is 1.64. The maximum absolute atomic E-state index is 1.64. The first-order valence-electron chi connectivity index (χ1n) is 5.42. The summed E-state index contributed by atoms with van der Waals surface area (Å²) >= 11 is 0. The molecule has 11 heavy (non-hydrogen) atoms. The van der Waals surface area contributed by atoms with E-state index in [0.29, 0.717) is 0 Å². The van der Waals surface area contributed by atoms with Crippen LogP contribution in [0.5, 0.6) is 0 Å². The molecule has 0 heterocycles. The van der Waals surface area contributed by atoms with Crippen LogP contribution in [-0.4, -0.2) is 0 Å². The monoisotopic (exact) mass is 149 g/mol. The Morgan fingerprint density at radius 1 is 0.636 bits per heavy atom. The second kappa shape index (κ2) is 1.53. The minimum absolute atomic E-state index is 1.19. The van der Waals surface area contributed by atoms with E-state index in [9.17, 15) is 0 Å². The van der Waals surface area contributed by atoms with Crippen LogP contribution < -0.4 is 0 Å². The molecule has 4 rings (SSSR count). The predicted molar refractivity (Wildman–Crippen MR) is 44.0 cm³/mol. The van der Waals surface area contributed by atoms with Gasteiger partial charge in [-0.05, 0) is 67.6 Å². The molecule has 0 aromatic carbocycles. The Kier molecular flexibility index (Phi) is 0.781. The SMILES string of the molecule is C1[C@@H]2C[C@@H]3C[C@H]1C[13CH]1C3[C@H]1C2. The van der Waals surface area contributed by atoms with Gasteiger partial charge >= 0.3 is 0 Å². The van der Waals surface area contributed by atoms with Gasteiger partial charge in [0.05, 0.1) is 0 Å². The van der Waals surface area contributed by atoms with E-state index < -0.39 is 0 Å². The summed E-state index contributed by atoms with van der Waals surface area (Å²) in [6, 6.07) is 0. The zero-order valence-electron chi connectivity index (χ0n) is 7.00. The van der Waals surface area contributed by atoms with Crippen molar-refractivity contribution < 1.29 is 0 Å². The molecule has 4 aliphatic carbocycles. The lowest BCUT2D eigenvalue weighted by molar-refractivity contribution is 0.106. The summed E-state index contributed by atoms with van der Waals surface area (Å²) in [6.45, 7) is 0. The van der Waals surface area contributed by atoms with Crippen LogP contribution in [0.3, 0.4) is 0 Å². The normalized spacial score (nSPS) is 69.8. The Balaban J connectivity index is 1.82. The van der Waals surface area contributed by atoms with Crippen LogP contribution in [0.2, 0.25) is 0 Å². The van der Waals surface area contributed by atoms with Gasteiger partial charge in [0, 0.05) is 0 Å². The minimum Gasteiger partial charge on any atom is -0.0475 e. The van der Waals surface area contributed by atoms with E-state index in [0.717, 1.165) is 0 Å². The summed E-state index contributed by atoms with van der Waals surface area (Å²) in [7, 11) is 0. The van der Waals surface area contributed by atoms with Crippen LogP contribution in [0.15, 0.2) is 0 Å². The lowest BCUT2D eigenvalue weighted by Crippen LogP contribution is -2.30. The predicted octanol–water partition coefficient (Wildman–Crippen LogP) is 2.69. The van der Waals surface area contributed by atoms with Crippen LogP contribution in [-0.2, 0) is 0 Å². The molecule has 6 atom stereocenters. The highest BCUT2D eigenvalue weighted by Gasteiger charge is 2.62. The Bertz CT molecular complexity index is 176. The van der Waals surface area contributed by atoms with Crippen LogP contribution in [0.25, 0.3) is 0 Å². The number of rotatable bonds is 0. The quantitative estimate of drug-likeness (QED) is 0.464. The van der Waals surface area contributed by atoms with Gasteiger partial charge in [-0.3, -0.25) is 0 Å². The van der Waals surface area contributed by atoms with E-state index in [1.807, 2.05) is 0 Å². The molecular formula is C11H16. The highest BCUT2D eigenvalue weighted by Crippen LogP contribution is 2.70. The van der Waals surface area contributed by atoms with Gasteiger partial charge in [0.25, 0.3) is 0 Å². The molecular weight excluding hydrogens is 133 g/mol. The molecule has 60 valence electrons. The zero-order valence-corrected chi connectivity index (χ0v) is 7.00. The second-order valence-corrected chi connectivity index (χ2v) is 5.58. The van der Waals surface area contributed by atoms with Crippen molar-refractivity contribution in [3.05, 3.63) is 0 Å². The Morgan fingerprint density at radius 3 is 1.91 bits per heavy atom. The summed E-state index contributed by atoms with van der Waals surface area (Å²) in [5, 5.41) is 0. The standard InChI is InChI=1S/C11H16/c1-6-2-8-3-7(1)5-10-9(4-6)11(8)10/h6-11H,1-5H2/t6-,7+,8-,9+,10?,11?/m1/s1/i9+1/t6-,7+,8-,9?,10-,11?/m0. The molecule has 0 heteroatoms. The van der Waals surface area contributed by atoms with Gasteiger partial charge in [-0.25, -0.2) is 0 Å². The molecule has 2 unspecified atom stereocenters. The fraction of sp³-hybridized carbons (Fsp3) is 1.00. The topological polar surface area (TPSA) is 0 Å². The van der Waals surface area contributed by atoms with Crippen molar-refractivity contribution in [1.82, 2.24) is 0 Å². The number of hydrogen-bond acceptors (Lipinski definition) is 0. The van der Waals surface area contributed by atoms with Gasteiger partial charge < -0.3 is 0 Å². The molecule has 0 N–H and O–H groups in total. The van der Waals surface area contributed by atoms with Crippen LogP contribution in [0.4, 0.5) is 0 Å². The first-order valence-corrected chi connectivity index (χ1v) is 5.42. The van der Waals surface area contributed by atoms with Crippen molar-refractivity contribution in [3.63, 3.8) is 0 Å². The minimum atomic E-state index is 1.19. The van der Waals surface area contributed by atoms with Gasteiger partial charge in [-0.2, -0.15) is 0 Å². The summed E-state index contributed by atoms with van der Waals surface area (Å²) in [5.74, 6) is 7.33. The van der Waals surface area contributed by atoms with Crippen LogP contribution in [0, 0.1) is 35.5 Å². The van der Waals surface area contributed by atoms with Gasteiger partial charge in [-0.1, -0.05) is 0 Å². The van der Waals surface area contributed by atoms with Crippen molar-refractivity contribution in [3.8, 4) is 0 Å². The van der Waals surface area contributed by atoms with Gasteiger partial charge in [0.15, 0.2) is 0 Å².